The molecule has 0 aliphatic rings. The third-order valence-corrected chi connectivity index (χ3v) is 1.53. The van der Waals surface area contributed by atoms with Crippen LogP contribution in [0.15, 0.2) is 9.59 Å². The molecule has 2 aromatic rings. The number of nitrogens with zero attached hydrogens (tertiary/aromatic N) is 1. The standard InChI is InChI=1S/C5H6N6O2/c6-11-4-7-1-2(8-4)9-5(13)10-3(1)12/h6H2,(H4,7,8,9,10,11,12,13). The number of fused-ring (bicyclic) bond motifs is 1. The van der Waals surface area contributed by atoms with E-state index < -0.39 is 11.2 Å². The summed E-state index contributed by atoms with van der Waals surface area (Å²) in [5.41, 5.74) is 1.42. The first kappa shape index (κ1) is 7.55. The van der Waals surface area contributed by atoms with E-state index >= 15 is 0 Å². The molecule has 8 heteroatoms. The Hall–Kier alpha value is -2.09. The number of aromatic amines is 3. The fourth-order valence-corrected chi connectivity index (χ4v) is 1.00. The van der Waals surface area contributed by atoms with Crippen molar-refractivity contribution in [3.63, 3.8) is 0 Å². The van der Waals surface area contributed by atoms with Gasteiger partial charge in [-0.2, -0.15) is 4.98 Å². The maximum atomic E-state index is 11.1. The van der Waals surface area contributed by atoms with E-state index in [0.717, 1.165) is 0 Å². The molecule has 0 radical (unpaired) electrons. The van der Waals surface area contributed by atoms with Crippen LogP contribution in [0.2, 0.25) is 0 Å². The maximum Gasteiger partial charge on any atom is 0.327 e. The number of H-pyrrole nitrogens is 3. The van der Waals surface area contributed by atoms with Gasteiger partial charge < -0.3 is 4.98 Å². The number of hydrogen-bond acceptors (Lipinski definition) is 5. The second-order valence-electron chi connectivity index (χ2n) is 2.36. The Morgan fingerprint density at radius 1 is 1.23 bits per heavy atom. The number of anilines is 1. The zero-order chi connectivity index (χ0) is 9.42. The van der Waals surface area contributed by atoms with Crippen LogP contribution in [0.3, 0.4) is 0 Å². The Bertz CT molecular complexity index is 548. The summed E-state index contributed by atoms with van der Waals surface area (Å²) in [5.74, 6) is 5.26. The number of imidazole rings is 1. The second kappa shape index (κ2) is 2.45. The molecule has 2 aromatic heterocycles. The van der Waals surface area contributed by atoms with Crippen LogP contribution in [0.1, 0.15) is 0 Å². The molecule has 8 nitrogen and oxygen atoms in total. The van der Waals surface area contributed by atoms with Gasteiger partial charge in [-0.05, 0) is 0 Å². The second-order valence-corrected chi connectivity index (χ2v) is 2.36. The van der Waals surface area contributed by atoms with Crippen LogP contribution in [0.4, 0.5) is 5.95 Å². The molecule has 13 heavy (non-hydrogen) atoms. The van der Waals surface area contributed by atoms with Crippen LogP contribution < -0.4 is 22.5 Å². The van der Waals surface area contributed by atoms with Crippen molar-refractivity contribution in [2.75, 3.05) is 5.43 Å². The quantitative estimate of drug-likeness (QED) is 0.263. The van der Waals surface area contributed by atoms with Crippen molar-refractivity contribution in [3.05, 3.63) is 20.8 Å². The average molecular weight is 182 g/mol. The topological polar surface area (TPSA) is 132 Å². The predicted octanol–water partition coefficient (Wildman–Crippen LogP) is -1.77. The highest BCUT2D eigenvalue weighted by atomic mass is 16.2. The molecule has 0 amide bonds. The molecule has 0 spiro atoms. The molecule has 0 aliphatic heterocycles. The van der Waals surface area contributed by atoms with Gasteiger partial charge in [-0.25, -0.2) is 10.6 Å². The van der Waals surface area contributed by atoms with E-state index in [4.69, 9.17) is 5.84 Å². The van der Waals surface area contributed by atoms with Crippen LogP contribution in [0, 0.1) is 0 Å². The van der Waals surface area contributed by atoms with Crippen molar-refractivity contribution in [2.24, 2.45) is 5.84 Å². The molecule has 0 fully saturated rings. The van der Waals surface area contributed by atoms with Gasteiger partial charge in [0, 0.05) is 0 Å². The predicted molar refractivity (Wildman–Crippen MR) is 45.1 cm³/mol. The summed E-state index contributed by atoms with van der Waals surface area (Å²) in [5, 5.41) is 0. The molecular formula is C5H6N6O2. The Labute approximate surface area is 70.2 Å². The average Bonchev–Trinajstić information content (AvgIpc) is 2.47. The highest BCUT2D eigenvalue weighted by Gasteiger charge is 2.05. The third kappa shape index (κ3) is 1.08. The van der Waals surface area contributed by atoms with E-state index in [-0.39, 0.29) is 17.1 Å². The van der Waals surface area contributed by atoms with Crippen molar-refractivity contribution < 1.29 is 0 Å². The summed E-state index contributed by atoms with van der Waals surface area (Å²) in [4.78, 5) is 32.6. The van der Waals surface area contributed by atoms with Gasteiger partial charge in [-0.1, -0.05) is 0 Å². The van der Waals surface area contributed by atoms with Gasteiger partial charge in [0.25, 0.3) is 5.56 Å². The fraction of sp³-hybridized carbons (Fsp3) is 0. The largest absolute Gasteiger partial charge is 0.327 e. The Morgan fingerprint density at radius 2 is 2.00 bits per heavy atom. The van der Waals surface area contributed by atoms with Crippen LogP contribution in [-0.4, -0.2) is 19.9 Å². The normalized spacial score (nSPS) is 10.5. The zero-order valence-corrected chi connectivity index (χ0v) is 6.34. The fourth-order valence-electron chi connectivity index (χ4n) is 1.00. The number of hydrogen-bond donors (Lipinski definition) is 5. The van der Waals surface area contributed by atoms with E-state index in [2.05, 4.69) is 20.4 Å². The van der Waals surface area contributed by atoms with Crippen LogP contribution in [0.25, 0.3) is 11.2 Å². The van der Waals surface area contributed by atoms with Crippen LogP contribution in [-0.2, 0) is 0 Å². The van der Waals surface area contributed by atoms with Gasteiger partial charge in [0.05, 0.1) is 0 Å². The summed E-state index contributed by atoms with van der Waals surface area (Å²) in [6.45, 7) is 0. The van der Waals surface area contributed by atoms with Gasteiger partial charge in [0.15, 0.2) is 11.2 Å². The minimum atomic E-state index is -0.604. The van der Waals surface area contributed by atoms with Crippen molar-refractivity contribution in [1.29, 1.82) is 0 Å². The summed E-state index contributed by atoms with van der Waals surface area (Å²) < 4.78 is 0. The van der Waals surface area contributed by atoms with Crippen molar-refractivity contribution >= 4 is 17.1 Å². The smallest absolute Gasteiger partial charge is 0.317 e. The highest BCUT2D eigenvalue weighted by molar-refractivity contribution is 5.71. The lowest BCUT2D eigenvalue weighted by atomic mass is 10.5. The first-order valence-electron chi connectivity index (χ1n) is 3.39. The van der Waals surface area contributed by atoms with Gasteiger partial charge in [0.1, 0.15) is 0 Å². The van der Waals surface area contributed by atoms with E-state index in [0.29, 0.717) is 0 Å². The Balaban J connectivity index is 2.91. The summed E-state index contributed by atoms with van der Waals surface area (Å²) >= 11 is 0. The van der Waals surface area contributed by atoms with Gasteiger partial charge >= 0.3 is 5.69 Å². The molecule has 0 atom stereocenters. The number of nitrogen functional groups attached to an aromatic ring is 1. The maximum absolute atomic E-state index is 11.1. The van der Waals surface area contributed by atoms with E-state index in [1.807, 2.05) is 4.98 Å². The highest BCUT2D eigenvalue weighted by Crippen LogP contribution is 2.03. The molecule has 0 saturated heterocycles. The minimum absolute atomic E-state index is 0.168. The zero-order valence-electron chi connectivity index (χ0n) is 6.34. The molecule has 68 valence electrons. The third-order valence-electron chi connectivity index (χ3n) is 1.53. The number of rotatable bonds is 1. The molecule has 0 bridgehead atoms. The molecular weight excluding hydrogens is 176 g/mol. The van der Waals surface area contributed by atoms with Gasteiger partial charge in [-0.3, -0.25) is 20.2 Å². The Morgan fingerprint density at radius 3 is 2.69 bits per heavy atom. The van der Waals surface area contributed by atoms with Gasteiger partial charge in [-0.15, -0.1) is 0 Å². The monoisotopic (exact) mass is 182 g/mol. The van der Waals surface area contributed by atoms with Crippen LogP contribution in [0.5, 0.6) is 0 Å². The minimum Gasteiger partial charge on any atom is -0.317 e. The summed E-state index contributed by atoms with van der Waals surface area (Å²) in [6.07, 6.45) is 0. The molecule has 6 N–H and O–H groups in total. The SMILES string of the molecule is NNc1nc2[nH]c(=O)[nH]c(=O)c2[nH]1. The van der Waals surface area contributed by atoms with E-state index in [1.54, 1.807) is 0 Å². The van der Waals surface area contributed by atoms with Crippen molar-refractivity contribution in [3.8, 4) is 0 Å². The lowest BCUT2D eigenvalue weighted by molar-refractivity contribution is 1.07. The Kier molecular flexibility index (Phi) is 1.43. The number of aromatic nitrogens is 4. The number of nitrogens with one attached hydrogen (secondary N) is 4. The lowest BCUT2D eigenvalue weighted by Crippen LogP contribution is -2.21. The van der Waals surface area contributed by atoms with Crippen molar-refractivity contribution in [2.45, 2.75) is 0 Å². The van der Waals surface area contributed by atoms with E-state index in [1.165, 1.54) is 0 Å². The van der Waals surface area contributed by atoms with Crippen molar-refractivity contribution in [1.82, 2.24) is 19.9 Å². The molecule has 0 unspecified atom stereocenters. The number of hydrazine groups is 1. The summed E-state index contributed by atoms with van der Waals surface area (Å²) in [7, 11) is 0. The van der Waals surface area contributed by atoms with Crippen LogP contribution >= 0.6 is 0 Å². The van der Waals surface area contributed by atoms with Gasteiger partial charge in [0.2, 0.25) is 5.95 Å². The molecule has 2 rings (SSSR count). The molecule has 2 heterocycles. The van der Waals surface area contributed by atoms with E-state index in [9.17, 15) is 9.59 Å². The molecule has 0 saturated carbocycles. The first-order valence-corrected chi connectivity index (χ1v) is 3.39. The molecule has 0 aromatic carbocycles. The first-order chi connectivity index (χ1) is 6.20. The summed E-state index contributed by atoms with van der Waals surface area (Å²) in [6, 6.07) is 0. The lowest BCUT2D eigenvalue weighted by Gasteiger charge is -1.86. The molecule has 0 aliphatic carbocycles. The number of nitrogens with two attached hydrogens (primary N) is 1.